The Morgan fingerprint density at radius 3 is 2.03 bits per heavy atom. The number of urea groups is 1. The van der Waals surface area contributed by atoms with E-state index in [1.165, 1.54) is 43.4 Å². The van der Waals surface area contributed by atoms with Crippen LogP contribution in [0.5, 0.6) is 0 Å². The minimum Gasteiger partial charge on any atom is -0.296 e. The highest BCUT2D eigenvalue weighted by Crippen LogP contribution is 2.40. The van der Waals surface area contributed by atoms with Crippen molar-refractivity contribution in [2.45, 2.75) is 82.2 Å². The standard InChI is InChI=1S/C28H37F3N4O3S/c1-4-5-6-7-8-9-10-11-12-16-19-35(22-17-14-13-15-18-22)27(36)34-33-25-20-23(28(29,30)31)24(32-2)21-26(25)39(3,37)38/h13-15,17-18,20-21,33H,4-12,16,19H2,1,3H3,(H,34,36). The van der Waals surface area contributed by atoms with E-state index in [0.717, 1.165) is 31.9 Å². The molecule has 0 saturated heterocycles. The molecular formula is C28H37F3N4O3S. The number of nitrogens with one attached hydrogen (secondary N) is 2. The van der Waals surface area contributed by atoms with E-state index in [4.69, 9.17) is 6.57 Å². The number of carbonyl (C=O) groups excluding carboxylic acids is 1. The number of para-hydroxylation sites is 1. The molecule has 0 spiro atoms. The molecule has 7 nitrogen and oxygen atoms in total. The van der Waals surface area contributed by atoms with Crippen molar-refractivity contribution in [3.8, 4) is 0 Å². The molecule has 0 aliphatic heterocycles. The van der Waals surface area contributed by atoms with Crippen molar-refractivity contribution < 1.29 is 26.4 Å². The van der Waals surface area contributed by atoms with E-state index in [-0.39, 0.29) is 0 Å². The van der Waals surface area contributed by atoms with Gasteiger partial charge in [-0.3, -0.25) is 15.8 Å². The van der Waals surface area contributed by atoms with Crippen LogP contribution < -0.4 is 15.8 Å². The molecule has 0 bridgehead atoms. The van der Waals surface area contributed by atoms with Crippen LogP contribution in [0.25, 0.3) is 4.85 Å². The van der Waals surface area contributed by atoms with Gasteiger partial charge in [-0.2, -0.15) is 13.2 Å². The number of nitrogens with zero attached hydrogens (tertiary/aromatic N) is 2. The third-order valence-corrected chi connectivity index (χ3v) is 7.41. The van der Waals surface area contributed by atoms with Crippen LogP contribution >= 0.6 is 0 Å². The fourth-order valence-corrected chi connectivity index (χ4v) is 5.03. The number of hydrazine groups is 1. The largest absolute Gasteiger partial charge is 0.407 e. The van der Waals surface area contributed by atoms with Gasteiger partial charge >= 0.3 is 12.2 Å². The predicted molar refractivity (Wildman–Crippen MR) is 149 cm³/mol. The SMILES string of the molecule is [C-]#[N+]c1cc(S(C)(=O)=O)c(NNC(=O)N(CCCCCCCCCCCC)c2ccccc2)cc1C(F)(F)F. The van der Waals surface area contributed by atoms with Gasteiger partial charge in [-0.15, -0.1) is 0 Å². The zero-order chi connectivity index (χ0) is 28.9. The Labute approximate surface area is 229 Å². The van der Waals surface area contributed by atoms with E-state index < -0.39 is 43.9 Å². The number of amides is 2. The molecule has 0 radical (unpaired) electrons. The molecule has 0 aliphatic carbocycles. The second kappa shape index (κ2) is 15.4. The van der Waals surface area contributed by atoms with Crippen LogP contribution in [0.15, 0.2) is 47.4 Å². The van der Waals surface area contributed by atoms with Gasteiger partial charge in [0.2, 0.25) is 5.69 Å². The molecule has 0 heterocycles. The van der Waals surface area contributed by atoms with Crippen molar-refractivity contribution in [1.29, 1.82) is 0 Å². The second-order valence-corrected chi connectivity index (χ2v) is 11.5. The van der Waals surface area contributed by atoms with E-state index in [2.05, 4.69) is 22.6 Å². The third kappa shape index (κ3) is 10.4. The number of alkyl halides is 3. The average molecular weight is 567 g/mol. The van der Waals surface area contributed by atoms with Crippen molar-refractivity contribution in [3.63, 3.8) is 0 Å². The van der Waals surface area contributed by atoms with Crippen LogP contribution in [-0.4, -0.2) is 27.2 Å². The lowest BCUT2D eigenvalue weighted by Gasteiger charge is -2.24. The topological polar surface area (TPSA) is 82.9 Å². The molecule has 11 heteroatoms. The molecule has 2 rings (SSSR count). The summed E-state index contributed by atoms with van der Waals surface area (Å²) in [6, 6.07) is 9.35. The van der Waals surface area contributed by atoms with E-state index >= 15 is 0 Å². The smallest absolute Gasteiger partial charge is 0.296 e. The summed E-state index contributed by atoms with van der Waals surface area (Å²) in [5.41, 5.74) is 2.67. The Morgan fingerprint density at radius 1 is 0.949 bits per heavy atom. The quantitative estimate of drug-likeness (QED) is 0.130. The van der Waals surface area contributed by atoms with Gasteiger partial charge in [0.05, 0.1) is 22.7 Å². The zero-order valence-electron chi connectivity index (χ0n) is 22.5. The first kappa shape index (κ1) is 32.0. The minimum atomic E-state index is -4.89. The zero-order valence-corrected chi connectivity index (χ0v) is 23.3. The molecule has 214 valence electrons. The number of hydrogen-bond donors (Lipinski definition) is 2. The van der Waals surface area contributed by atoms with Crippen LogP contribution in [0, 0.1) is 6.57 Å². The fourth-order valence-electron chi connectivity index (χ4n) is 4.19. The first-order valence-corrected chi connectivity index (χ1v) is 15.1. The Balaban J connectivity index is 2.09. The Hall–Kier alpha value is -3.26. The van der Waals surface area contributed by atoms with Gasteiger partial charge in [-0.05, 0) is 30.7 Å². The number of anilines is 2. The van der Waals surface area contributed by atoms with Crippen molar-refractivity contribution in [2.75, 3.05) is 23.1 Å². The first-order chi connectivity index (χ1) is 18.5. The molecule has 0 aromatic heterocycles. The Kier molecular flexibility index (Phi) is 12.6. The summed E-state index contributed by atoms with van der Waals surface area (Å²) in [6.07, 6.45) is 7.20. The second-order valence-electron chi connectivity index (χ2n) is 9.47. The summed E-state index contributed by atoms with van der Waals surface area (Å²) in [4.78, 5) is 16.9. The van der Waals surface area contributed by atoms with Crippen LogP contribution in [-0.2, 0) is 16.0 Å². The highest BCUT2D eigenvalue weighted by molar-refractivity contribution is 7.90. The highest BCUT2D eigenvalue weighted by Gasteiger charge is 2.35. The van der Waals surface area contributed by atoms with Gasteiger partial charge in [-0.25, -0.2) is 18.1 Å². The molecule has 2 amide bonds. The van der Waals surface area contributed by atoms with E-state index in [9.17, 15) is 26.4 Å². The van der Waals surface area contributed by atoms with Gasteiger partial charge in [-0.1, -0.05) is 82.9 Å². The van der Waals surface area contributed by atoms with Gasteiger partial charge in [0.1, 0.15) is 0 Å². The minimum absolute atomic E-state index is 0.372. The maximum Gasteiger partial charge on any atom is 0.407 e. The van der Waals surface area contributed by atoms with Gasteiger partial charge in [0.25, 0.3) is 0 Å². The Morgan fingerprint density at radius 2 is 1.51 bits per heavy atom. The van der Waals surface area contributed by atoms with Crippen molar-refractivity contribution in [3.05, 3.63) is 59.4 Å². The third-order valence-electron chi connectivity index (χ3n) is 6.28. The molecule has 0 fully saturated rings. The molecule has 0 unspecified atom stereocenters. The predicted octanol–water partition coefficient (Wildman–Crippen LogP) is 8.12. The fraction of sp³-hybridized carbons (Fsp3) is 0.500. The monoisotopic (exact) mass is 566 g/mol. The average Bonchev–Trinajstić information content (AvgIpc) is 2.89. The van der Waals surface area contributed by atoms with Crippen molar-refractivity contribution >= 4 is 32.9 Å². The maximum absolute atomic E-state index is 13.5. The normalized spacial score (nSPS) is 11.6. The number of hydrogen-bond acceptors (Lipinski definition) is 4. The van der Waals surface area contributed by atoms with Crippen LogP contribution in [0.3, 0.4) is 0 Å². The number of sulfone groups is 1. The highest BCUT2D eigenvalue weighted by atomic mass is 32.2. The van der Waals surface area contributed by atoms with Crippen LogP contribution in [0.4, 0.5) is 35.0 Å². The molecule has 0 saturated carbocycles. The summed E-state index contributed by atoms with van der Waals surface area (Å²) in [5.74, 6) is 0. The first-order valence-electron chi connectivity index (χ1n) is 13.2. The van der Waals surface area contributed by atoms with Gasteiger partial charge in [0, 0.05) is 18.5 Å². The lowest BCUT2D eigenvalue weighted by atomic mass is 10.1. The Bertz CT molecular complexity index is 1210. The van der Waals surface area contributed by atoms with Gasteiger partial charge < -0.3 is 0 Å². The lowest BCUT2D eigenvalue weighted by molar-refractivity contribution is -0.136. The summed E-state index contributed by atoms with van der Waals surface area (Å²) in [6.45, 7) is 9.61. The lowest BCUT2D eigenvalue weighted by Crippen LogP contribution is -2.43. The summed E-state index contributed by atoms with van der Waals surface area (Å²) < 4.78 is 65.0. The van der Waals surface area contributed by atoms with Crippen LogP contribution in [0.1, 0.15) is 76.7 Å². The number of unbranched alkanes of at least 4 members (excludes halogenated alkanes) is 9. The summed E-state index contributed by atoms with van der Waals surface area (Å²) >= 11 is 0. The van der Waals surface area contributed by atoms with Crippen molar-refractivity contribution in [2.24, 2.45) is 0 Å². The number of rotatable bonds is 15. The number of halogens is 3. The number of benzene rings is 2. The van der Waals surface area contributed by atoms with Crippen LogP contribution in [0.2, 0.25) is 0 Å². The summed E-state index contributed by atoms with van der Waals surface area (Å²) in [7, 11) is -4.02. The van der Waals surface area contributed by atoms with E-state index in [1.807, 2.05) is 0 Å². The molecule has 0 aliphatic rings. The van der Waals surface area contributed by atoms with E-state index in [1.54, 1.807) is 30.3 Å². The van der Waals surface area contributed by atoms with Gasteiger partial charge in [0.15, 0.2) is 9.84 Å². The van der Waals surface area contributed by atoms with Crippen molar-refractivity contribution in [1.82, 2.24) is 5.43 Å². The molecule has 0 atom stereocenters. The molecule has 39 heavy (non-hydrogen) atoms. The summed E-state index contributed by atoms with van der Waals surface area (Å²) in [5, 5.41) is 0. The number of carbonyl (C=O) groups is 1. The maximum atomic E-state index is 13.5. The molecular weight excluding hydrogens is 529 g/mol. The van der Waals surface area contributed by atoms with E-state index in [0.29, 0.717) is 24.4 Å². The molecule has 2 aromatic rings. The molecule has 2 N–H and O–H groups in total. The molecule has 2 aromatic carbocycles.